The summed E-state index contributed by atoms with van der Waals surface area (Å²) in [5.74, 6) is 0.288. The number of nitrogens with one attached hydrogen (secondary N) is 1. The third kappa shape index (κ3) is 4.95. The van der Waals surface area contributed by atoms with Crippen molar-refractivity contribution in [3.63, 3.8) is 0 Å². The molecule has 1 unspecified atom stereocenters. The van der Waals surface area contributed by atoms with Crippen molar-refractivity contribution >= 4 is 22.9 Å². The predicted octanol–water partition coefficient (Wildman–Crippen LogP) is 4.71. The number of benzene rings is 1. The molecule has 2 N–H and O–H groups in total. The van der Waals surface area contributed by atoms with Crippen LogP contribution >= 0.6 is 11.8 Å². The first-order chi connectivity index (χ1) is 14.7. The van der Waals surface area contributed by atoms with Gasteiger partial charge in [-0.3, -0.25) is 9.79 Å². The Morgan fingerprint density at radius 2 is 1.84 bits per heavy atom. The van der Waals surface area contributed by atoms with Crippen LogP contribution in [0.4, 0.5) is 0 Å². The molecular formula is C25H37N3O2S. The molecule has 2 heterocycles. The van der Waals surface area contributed by atoms with Crippen LogP contribution in [0.5, 0.6) is 0 Å². The molecule has 0 saturated carbocycles. The van der Waals surface area contributed by atoms with E-state index in [4.69, 9.17) is 10.1 Å². The Hall–Kier alpha value is -1.53. The number of nitrogens with zero attached hydrogens (tertiary/aromatic N) is 2. The molecule has 0 amide bonds. The Balaban J connectivity index is 1.41. The molecule has 1 saturated heterocycles. The van der Waals surface area contributed by atoms with Gasteiger partial charge in [-0.1, -0.05) is 57.7 Å². The molecular weight excluding hydrogens is 406 g/mol. The van der Waals surface area contributed by atoms with Crippen LogP contribution in [0.15, 0.2) is 23.2 Å². The van der Waals surface area contributed by atoms with Crippen LogP contribution in [0.25, 0.3) is 0 Å². The van der Waals surface area contributed by atoms with Gasteiger partial charge in [-0.05, 0) is 53.2 Å². The highest BCUT2D eigenvalue weighted by molar-refractivity contribution is 8.14. The summed E-state index contributed by atoms with van der Waals surface area (Å²) in [5, 5.41) is 13.4. The lowest BCUT2D eigenvalue weighted by molar-refractivity contribution is -0.136. The molecule has 31 heavy (non-hydrogen) atoms. The number of hydrogen-bond donors (Lipinski definition) is 2. The lowest BCUT2D eigenvalue weighted by atomic mass is 9.63. The summed E-state index contributed by atoms with van der Waals surface area (Å²) in [6.07, 6.45) is 4.77. The highest BCUT2D eigenvalue weighted by Crippen LogP contribution is 2.47. The second-order valence-corrected chi connectivity index (χ2v) is 11.7. The van der Waals surface area contributed by atoms with Gasteiger partial charge in [-0.15, -0.1) is 0 Å². The van der Waals surface area contributed by atoms with Crippen molar-refractivity contribution in [1.82, 2.24) is 10.2 Å². The van der Waals surface area contributed by atoms with Crippen molar-refractivity contribution in [3.8, 4) is 0 Å². The van der Waals surface area contributed by atoms with Crippen molar-refractivity contribution in [2.24, 2.45) is 4.99 Å². The zero-order valence-corrected chi connectivity index (χ0v) is 20.2. The monoisotopic (exact) mass is 443 g/mol. The fourth-order valence-corrected chi connectivity index (χ4v) is 6.32. The molecule has 0 aromatic heterocycles. The number of aliphatic imine (C=N–C) groups is 1. The molecule has 0 bridgehead atoms. The van der Waals surface area contributed by atoms with Gasteiger partial charge >= 0.3 is 5.97 Å². The number of likely N-dealkylation sites (tertiary alicyclic amines) is 1. The first kappa shape index (κ1) is 22.7. The summed E-state index contributed by atoms with van der Waals surface area (Å²) >= 11 is 1.89. The Morgan fingerprint density at radius 3 is 2.52 bits per heavy atom. The molecule has 4 rings (SSSR count). The van der Waals surface area contributed by atoms with E-state index >= 15 is 0 Å². The zero-order chi connectivity index (χ0) is 22.2. The Bertz CT molecular complexity index is 856. The number of carbonyl (C=O) groups is 1. The second kappa shape index (κ2) is 8.78. The summed E-state index contributed by atoms with van der Waals surface area (Å²) in [6.45, 7) is 12.1. The SMILES string of the molecule is CC1(C)CCC(C)(C)c2cc(C3CSC(N4CCC(NCCC(=O)O)CC4)=N3)ccc21. The van der Waals surface area contributed by atoms with E-state index in [-0.39, 0.29) is 23.3 Å². The number of carboxylic acid groups (broad SMARTS) is 1. The summed E-state index contributed by atoms with van der Waals surface area (Å²) < 4.78 is 0. The largest absolute Gasteiger partial charge is 0.481 e. The smallest absolute Gasteiger partial charge is 0.304 e. The molecule has 1 aromatic carbocycles. The number of piperidine rings is 1. The molecule has 1 fully saturated rings. The molecule has 2 aliphatic heterocycles. The first-order valence-electron chi connectivity index (χ1n) is 11.7. The third-order valence-electron chi connectivity index (χ3n) is 7.44. The van der Waals surface area contributed by atoms with Gasteiger partial charge in [0.2, 0.25) is 0 Å². The number of aliphatic carboxylic acids is 1. The predicted molar refractivity (Wildman–Crippen MR) is 129 cm³/mol. The highest BCUT2D eigenvalue weighted by atomic mass is 32.2. The summed E-state index contributed by atoms with van der Waals surface area (Å²) in [6, 6.07) is 7.81. The maximum atomic E-state index is 10.7. The lowest BCUT2D eigenvalue weighted by Gasteiger charge is -2.42. The van der Waals surface area contributed by atoms with Crippen molar-refractivity contribution in [3.05, 3.63) is 34.9 Å². The average Bonchev–Trinajstić information content (AvgIpc) is 3.22. The molecule has 5 nitrogen and oxygen atoms in total. The molecule has 170 valence electrons. The zero-order valence-electron chi connectivity index (χ0n) is 19.4. The minimum atomic E-state index is -0.734. The van der Waals surface area contributed by atoms with E-state index in [2.05, 4.69) is 56.1 Å². The van der Waals surface area contributed by atoms with Crippen LogP contribution in [0, 0.1) is 0 Å². The van der Waals surface area contributed by atoms with Crippen molar-refractivity contribution in [2.75, 3.05) is 25.4 Å². The molecule has 0 spiro atoms. The molecule has 3 aliphatic rings. The standard InChI is InChI=1S/C25H37N3O2S/c1-24(2)10-11-25(3,4)20-15-17(5-6-19(20)24)21-16-31-23(27-21)28-13-8-18(9-14-28)26-12-7-22(29)30/h5-6,15,18,21,26H,7-14,16H2,1-4H3,(H,29,30). The maximum absolute atomic E-state index is 10.7. The van der Waals surface area contributed by atoms with E-state index in [9.17, 15) is 4.79 Å². The van der Waals surface area contributed by atoms with E-state index in [0.717, 1.165) is 31.7 Å². The Kier molecular flexibility index (Phi) is 6.42. The minimum absolute atomic E-state index is 0.194. The van der Waals surface area contributed by atoms with Crippen LogP contribution in [-0.4, -0.2) is 52.6 Å². The molecule has 0 radical (unpaired) electrons. The third-order valence-corrected chi connectivity index (χ3v) is 8.54. The van der Waals surface area contributed by atoms with Crippen molar-refractivity contribution < 1.29 is 9.90 Å². The summed E-state index contributed by atoms with van der Waals surface area (Å²) in [7, 11) is 0. The van der Waals surface area contributed by atoms with Gasteiger partial charge in [0.05, 0.1) is 12.5 Å². The topological polar surface area (TPSA) is 64.9 Å². The molecule has 1 aliphatic carbocycles. The van der Waals surface area contributed by atoms with Gasteiger partial charge in [0.25, 0.3) is 0 Å². The number of amidine groups is 1. The second-order valence-electron chi connectivity index (χ2n) is 10.7. The Labute approximate surface area is 191 Å². The van der Waals surface area contributed by atoms with Crippen molar-refractivity contribution in [1.29, 1.82) is 0 Å². The average molecular weight is 444 g/mol. The van der Waals surface area contributed by atoms with Crippen molar-refractivity contribution in [2.45, 2.75) is 82.7 Å². The van der Waals surface area contributed by atoms with Gasteiger partial charge in [0.1, 0.15) is 0 Å². The number of carboxylic acids is 1. The number of rotatable bonds is 5. The van der Waals surface area contributed by atoms with Gasteiger partial charge in [0.15, 0.2) is 5.17 Å². The quantitative estimate of drug-likeness (QED) is 0.690. The molecule has 1 atom stereocenters. The number of fused-ring (bicyclic) bond motifs is 1. The normalized spacial score (nSPS) is 25.2. The fraction of sp³-hybridized carbons (Fsp3) is 0.680. The summed E-state index contributed by atoms with van der Waals surface area (Å²) in [4.78, 5) is 18.2. The number of hydrogen-bond acceptors (Lipinski definition) is 5. The van der Waals surface area contributed by atoms with Crippen LogP contribution in [0.1, 0.15) is 82.5 Å². The Morgan fingerprint density at radius 1 is 1.16 bits per heavy atom. The van der Waals surface area contributed by atoms with E-state index in [1.807, 2.05) is 11.8 Å². The van der Waals surface area contributed by atoms with Gasteiger partial charge in [-0.25, -0.2) is 0 Å². The fourth-order valence-electron chi connectivity index (χ4n) is 5.18. The maximum Gasteiger partial charge on any atom is 0.304 e. The van der Waals surface area contributed by atoms with E-state index in [1.165, 1.54) is 34.7 Å². The summed E-state index contributed by atoms with van der Waals surface area (Å²) in [5.41, 5.74) is 4.87. The van der Waals surface area contributed by atoms with E-state index in [0.29, 0.717) is 12.6 Å². The van der Waals surface area contributed by atoms with Crippen LogP contribution in [0.3, 0.4) is 0 Å². The lowest BCUT2D eigenvalue weighted by Crippen LogP contribution is -2.44. The highest BCUT2D eigenvalue weighted by Gasteiger charge is 2.37. The van der Waals surface area contributed by atoms with Crippen LogP contribution < -0.4 is 5.32 Å². The van der Waals surface area contributed by atoms with E-state index in [1.54, 1.807) is 0 Å². The molecule has 1 aromatic rings. The minimum Gasteiger partial charge on any atom is -0.481 e. The van der Waals surface area contributed by atoms with Crippen LogP contribution in [0.2, 0.25) is 0 Å². The number of thioether (sulfide) groups is 1. The van der Waals surface area contributed by atoms with Gasteiger partial charge in [-0.2, -0.15) is 0 Å². The first-order valence-corrected chi connectivity index (χ1v) is 12.7. The van der Waals surface area contributed by atoms with Crippen LogP contribution in [-0.2, 0) is 15.6 Å². The van der Waals surface area contributed by atoms with E-state index < -0.39 is 5.97 Å². The van der Waals surface area contributed by atoms with Gasteiger partial charge < -0.3 is 15.3 Å². The van der Waals surface area contributed by atoms with Gasteiger partial charge in [0, 0.05) is 31.4 Å². The molecule has 6 heteroatoms.